The van der Waals surface area contributed by atoms with Crippen LogP contribution in [-0.2, 0) is 0 Å². The van der Waals surface area contributed by atoms with Crippen LogP contribution in [0.2, 0.25) is 0 Å². The maximum absolute atomic E-state index is 12.4. The molecule has 0 aromatic heterocycles. The molecular weight excluding hydrogens is 310 g/mol. The second-order valence-corrected chi connectivity index (χ2v) is 8.82. The molecule has 4 fully saturated rings. The van der Waals surface area contributed by atoms with Crippen molar-refractivity contribution in [2.45, 2.75) is 43.4 Å². The van der Waals surface area contributed by atoms with E-state index in [1.165, 1.54) is 32.1 Å². The van der Waals surface area contributed by atoms with Crippen molar-refractivity contribution in [2.75, 3.05) is 13.7 Å². The Labute approximate surface area is 142 Å². The van der Waals surface area contributed by atoms with Crippen molar-refractivity contribution in [1.29, 1.82) is 0 Å². The van der Waals surface area contributed by atoms with Crippen molar-refractivity contribution in [3.63, 3.8) is 0 Å². The Morgan fingerprint density at radius 2 is 1.87 bits per heavy atom. The highest BCUT2D eigenvalue weighted by Gasteiger charge is 2.56. The molecule has 23 heavy (non-hydrogen) atoms. The highest BCUT2D eigenvalue weighted by molar-refractivity contribution is 6.24. The molecule has 4 aliphatic carbocycles. The van der Waals surface area contributed by atoms with Crippen molar-refractivity contribution in [2.24, 2.45) is 17.3 Å². The highest BCUT2D eigenvalue weighted by Crippen LogP contribution is 2.63. The predicted molar refractivity (Wildman–Crippen MR) is 91.0 cm³/mol. The van der Waals surface area contributed by atoms with Gasteiger partial charge in [-0.1, -0.05) is 0 Å². The third kappa shape index (κ3) is 2.84. The molecule has 4 aliphatic rings. The van der Waals surface area contributed by atoms with Crippen molar-refractivity contribution in [1.82, 2.24) is 5.32 Å². The summed E-state index contributed by atoms with van der Waals surface area (Å²) in [4.78, 5) is 12.4. The van der Waals surface area contributed by atoms with Crippen LogP contribution in [0.4, 0.5) is 0 Å². The number of hydrogen-bond donors (Lipinski definition) is 1. The topological polar surface area (TPSA) is 38.3 Å². The van der Waals surface area contributed by atoms with Gasteiger partial charge in [0, 0.05) is 17.0 Å². The first-order chi connectivity index (χ1) is 11.0. The summed E-state index contributed by atoms with van der Waals surface area (Å²) in [6, 6.07) is 7.29. The lowest BCUT2D eigenvalue weighted by Crippen LogP contribution is -2.56. The van der Waals surface area contributed by atoms with Crippen molar-refractivity contribution in [3.8, 4) is 5.75 Å². The molecule has 2 unspecified atom stereocenters. The minimum Gasteiger partial charge on any atom is -0.497 e. The average Bonchev–Trinajstić information content (AvgIpc) is 2.50. The van der Waals surface area contributed by atoms with Crippen molar-refractivity contribution in [3.05, 3.63) is 29.8 Å². The Kier molecular flexibility index (Phi) is 3.60. The fourth-order valence-corrected chi connectivity index (χ4v) is 6.37. The smallest absolute Gasteiger partial charge is 0.251 e. The Bertz CT molecular complexity index is 598. The molecule has 0 radical (unpaired) electrons. The van der Waals surface area contributed by atoms with E-state index in [4.69, 9.17) is 16.3 Å². The summed E-state index contributed by atoms with van der Waals surface area (Å²) in [6.45, 7) is 0.763. The number of rotatable bonds is 4. The largest absolute Gasteiger partial charge is 0.497 e. The van der Waals surface area contributed by atoms with Gasteiger partial charge in [0.05, 0.1) is 7.11 Å². The fraction of sp³-hybridized carbons (Fsp3) is 0.632. The molecule has 4 heteroatoms. The normalized spacial score (nSPS) is 37.7. The zero-order valence-electron chi connectivity index (χ0n) is 13.6. The van der Waals surface area contributed by atoms with E-state index in [-0.39, 0.29) is 16.2 Å². The van der Waals surface area contributed by atoms with Crippen molar-refractivity contribution >= 4 is 17.5 Å². The van der Waals surface area contributed by atoms with Gasteiger partial charge in [-0.3, -0.25) is 4.79 Å². The Morgan fingerprint density at radius 1 is 1.22 bits per heavy atom. The molecule has 0 aliphatic heterocycles. The van der Waals surface area contributed by atoms with Gasteiger partial charge in [-0.15, -0.1) is 11.6 Å². The van der Waals surface area contributed by atoms with Gasteiger partial charge in [0.25, 0.3) is 5.91 Å². The first-order valence-electron chi connectivity index (χ1n) is 8.60. The molecule has 4 bridgehead atoms. The lowest BCUT2D eigenvalue weighted by Gasteiger charge is -2.60. The summed E-state index contributed by atoms with van der Waals surface area (Å²) in [7, 11) is 1.63. The molecule has 1 aromatic carbocycles. The van der Waals surface area contributed by atoms with Crippen LogP contribution in [0, 0.1) is 17.3 Å². The van der Waals surface area contributed by atoms with Crippen molar-refractivity contribution < 1.29 is 9.53 Å². The first-order valence-corrected chi connectivity index (χ1v) is 8.98. The molecule has 0 spiro atoms. The van der Waals surface area contributed by atoms with Crippen LogP contribution in [-0.4, -0.2) is 24.4 Å². The Hall–Kier alpha value is -1.22. The number of amides is 1. The second-order valence-electron chi connectivity index (χ2n) is 8.02. The van der Waals surface area contributed by atoms with Gasteiger partial charge in [0.15, 0.2) is 0 Å². The molecule has 1 amide bonds. The summed E-state index contributed by atoms with van der Waals surface area (Å²) < 4.78 is 5.14. The number of carbonyl (C=O) groups is 1. The first kappa shape index (κ1) is 15.3. The van der Waals surface area contributed by atoms with Gasteiger partial charge in [-0.25, -0.2) is 0 Å². The SMILES string of the molecule is COc1ccc(C(=O)NCC23C[C@@H]4C[C@@H](CC(Cl)(C4)C2)C3)cc1. The van der Waals surface area contributed by atoms with E-state index in [0.717, 1.165) is 30.6 Å². The molecule has 4 atom stereocenters. The standard InChI is InChI=1S/C19H24ClNO2/c1-23-16-4-2-15(3-5-16)17(22)21-12-18-7-13-6-14(8-18)10-19(20,9-13)11-18/h2-5,13-14H,6-12H2,1H3,(H,21,22)/t13-,14+,18?,19?. The van der Waals surface area contributed by atoms with E-state index in [0.29, 0.717) is 5.56 Å². The molecule has 3 nitrogen and oxygen atoms in total. The van der Waals surface area contributed by atoms with Crippen LogP contribution in [0.3, 0.4) is 0 Å². The molecule has 124 valence electrons. The zero-order valence-corrected chi connectivity index (χ0v) is 14.4. The minimum absolute atomic E-state index is 0.00650. The van der Waals surface area contributed by atoms with Crippen LogP contribution >= 0.6 is 11.6 Å². The summed E-state index contributed by atoms with van der Waals surface area (Å²) in [5.74, 6) is 2.32. The van der Waals surface area contributed by atoms with Gasteiger partial charge in [0.1, 0.15) is 5.75 Å². The minimum atomic E-state index is 0.00650. The zero-order chi connectivity index (χ0) is 16.1. The number of carbonyl (C=O) groups excluding carboxylic acids is 1. The van der Waals surface area contributed by atoms with E-state index in [2.05, 4.69) is 5.32 Å². The van der Waals surface area contributed by atoms with Crippen LogP contribution in [0.1, 0.15) is 48.9 Å². The molecule has 1 aromatic rings. The molecule has 0 saturated heterocycles. The predicted octanol–water partition coefficient (Wildman–Crippen LogP) is 4.00. The van der Waals surface area contributed by atoms with E-state index in [1.54, 1.807) is 7.11 Å². The number of benzene rings is 1. The number of alkyl halides is 1. The quantitative estimate of drug-likeness (QED) is 0.846. The van der Waals surface area contributed by atoms with E-state index < -0.39 is 0 Å². The number of halogens is 1. The third-order valence-corrected chi connectivity index (χ3v) is 6.53. The molecule has 4 saturated carbocycles. The van der Waals surface area contributed by atoms with Crippen LogP contribution in [0.5, 0.6) is 5.75 Å². The Morgan fingerprint density at radius 3 is 2.43 bits per heavy atom. The van der Waals surface area contributed by atoms with E-state index in [1.807, 2.05) is 24.3 Å². The summed E-state index contributed by atoms with van der Waals surface area (Å²) >= 11 is 6.86. The second kappa shape index (κ2) is 5.41. The highest BCUT2D eigenvalue weighted by atomic mass is 35.5. The molecule has 5 rings (SSSR count). The fourth-order valence-electron chi connectivity index (χ4n) is 5.66. The van der Waals surface area contributed by atoms with E-state index in [9.17, 15) is 4.79 Å². The summed E-state index contributed by atoms with van der Waals surface area (Å²) in [6.07, 6.45) is 7.25. The number of ether oxygens (including phenoxy) is 1. The van der Waals surface area contributed by atoms with Gasteiger partial charge >= 0.3 is 0 Å². The van der Waals surface area contributed by atoms with E-state index >= 15 is 0 Å². The molecular formula is C19H24ClNO2. The van der Waals surface area contributed by atoms with Crippen LogP contribution in [0.25, 0.3) is 0 Å². The number of hydrogen-bond acceptors (Lipinski definition) is 2. The molecule has 0 heterocycles. The van der Waals surface area contributed by atoms with Gasteiger partial charge in [-0.2, -0.15) is 0 Å². The molecule has 1 N–H and O–H groups in total. The van der Waals surface area contributed by atoms with Gasteiger partial charge in [0.2, 0.25) is 0 Å². The maximum Gasteiger partial charge on any atom is 0.251 e. The van der Waals surface area contributed by atoms with Gasteiger partial charge < -0.3 is 10.1 Å². The third-order valence-electron chi connectivity index (χ3n) is 6.09. The van der Waals surface area contributed by atoms with Gasteiger partial charge in [-0.05, 0) is 80.0 Å². The average molecular weight is 334 g/mol. The lowest BCUT2D eigenvalue weighted by atomic mass is 9.49. The summed E-state index contributed by atoms with van der Waals surface area (Å²) in [5.41, 5.74) is 0.921. The van der Waals surface area contributed by atoms with Crippen LogP contribution in [0.15, 0.2) is 24.3 Å². The monoisotopic (exact) mass is 333 g/mol. The maximum atomic E-state index is 12.4. The Balaban J connectivity index is 1.43. The summed E-state index contributed by atoms with van der Waals surface area (Å²) in [5, 5.41) is 3.17. The lowest BCUT2D eigenvalue weighted by molar-refractivity contribution is -0.0379. The van der Waals surface area contributed by atoms with Crippen LogP contribution < -0.4 is 10.1 Å². The number of methoxy groups -OCH3 is 1. The number of nitrogens with one attached hydrogen (secondary N) is 1.